The molecule has 2 heterocycles. The van der Waals surface area contributed by atoms with Gasteiger partial charge in [0.1, 0.15) is 0 Å². The number of para-hydroxylation sites is 2. The smallest absolute Gasteiger partial charge is 0.268 e. The van der Waals surface area contributed by atoms with Crippen LogP contribution in [0.4, 0.5) is 0 Å². The quantitative estimate of drug-likeness (QED) is 0.382. The van der Waals surface area contributed by atoms with Gasteiger partial charge in [0, 0.05) is 29.1 Å². The van der Waals surface area contributed by atoms with Crippen LogP contribution in [0.2, 0.25) is 5.02 Å². The Morgan fingerprint density at radius 3 is 2.40 bits per heavy atom. The highest BCUT2D eigenvalue weighted by atomic mass is 35.5. The number of hydrogen-bond donors (Lipinski definition) is 1. The first-order valence-electron chi connectivity index (χ1n) is 9.62. The molecule has 0 spiro atoms. The van der Waals surface area contributed by atoms with Gasteiger partial charge in [-0.3, -0.25) is 0 Å². The molecule has 0 unspecified atom stereocenters. The lowest BCUT2D eigenvalue weighted by Gasteiger charge is -2.13. The Balaban J connectivity index is 1.77. The van der Waals surface area contributed by atoms with E-state index in [1.807, 2.05) is 61.7 Å². The summed E-state index contributed by atoms with van der Waals surface area (Å²) in [7, 11) is -3.76. The Bertz CT molecular complexity index is 1500. The lowest BCUT2D eigenvalue weighted by molar-refractivity contribution is 0.587. The molecule has 0 aliphatic rings. The molecule has 0 saturated heterocycles. The third-order valence-electron chi connectivity index (χ3n) is 5.59. The molecule has 150 valence electrons. The molecule has 30 heavy (non-hydrogen) atoms. The minimum absolute atomic E-state index is 0.272. The molecule has 0 bridgehead atoms. The van der Waals surface area contributed by atoms with Gasteiger partial charge in [-0.05, 0) is 42.3 Å². The number of hydrogen-bond acceptors (Lipinski definition) is 2. The lowest BCUT2D eigenvalue weighted by Crippen LogP contribution is -2.16. The number of nitrogens with one attached hydrogen (secondary N) is 1. The number of fused-ring (bicyclic) bond motifs is 2. The van der Waals surface area contributed by atoms with Crippen molar-refractivity contribution in [3.05, 3.63) is 101 Å². The van der Waals surface area contributed by atoms with Crippen LogP contribution in [0.15, 0.2) is 83.9 Å². The first-order chi connectivity index (χ1) is 14.5. The zero-order valence-corrected chi connectivity index (χ0v) is 17.8. The highest BCUT2D eigenvalue weighted by molar-refractivity contribution is 7.90. The molecule has 5 aromatic rings. The molecule has 0 atom stereocenters. The summed E-state index contributed by atoms with van der Waals surface area (Å²) < 4.78 is 28.8. The normalized spacial score (nSPS) is 12.1. The van der Waals surface area contributed by atoms with Crippen molar-refractivity contribution >= 4 is 43.4 Å². The molecule has 0 fully saturated rings. The van der Waals surface area contributed by atoms with Crippen LogP contribution >= 0.6 is 11.6 Å². The molecule has 0 saturated carbocycles. The molecular weight excluding hydrogens is 416 g/mol. The van der Waals surface area contributed by atoms with Crippen LogP contribution in [0.3, 0.4) is 0 Å². The lowest BCUT2D eigenvalue weighted by atomic mass is 10.1. The maximum atomic E-state index is 13.7. The monoisotopic (exact) mass is 434 g/mol. The molecule has 3 aromatic carbocycles. The fourth-order valence-corrected chi connectivity index (χ4v) is 5.95. The molecule has 0 radical (unpaired) electrons. The molecule has 0 aliphatic carbocycles. The first kappa shape index (κ1) is 19.0. The van der Waals surface area contributed by atoms with Crippen molar-refractivity contribution in [1.29, 1.82) is 0 Å². The molecule has 0 aliphatic heterocycles. The summed E-state index contributed by atoms with van der Waals surface area (Å²) in [4.78, 5) is 3.50. The van der Waals surface area contributed by atoms with Gasteiger partial charge < -0.3 is 4.98 Å². The first-order valence-corrected chi connectivity index (χ1v) is 11.4. The van der Waals surface area contributed by atoms with E-state index in [-0.39, 0.29) is 4.90 Å². The van der Waals surface area contributed by atoms with E-state index in [1.54, 1.807) is 24.3 Å². The highest BCUT2D eigenvalue weighted by Gasteiger charge is 2.25. The third kappa shape index (κ3) is 2.85. The summed E-state index contributed by atoms with van der Waals surface area (Å²) in [6.07, 6.45) is 2.38. The topological polar surface area (TPSA) is 54.9 Å². The van der Waals surface area contributed by atoms with Crippen molar-refractivity contribution in [2.75, 3.05) is 0 Å². The summed E-state index contributed by atoms with van der Waals surface area (Å²) in [5.41, 5.74) is 4.26. The van der Waals surface area contributed by atoms with E-state index in [9.17, 15) is 8.42 Å². The largest absolute Gasteiger partial charge is 0.360 e. The Morgan fingerprint density at radius 2 is 1.60 bits per heavy atom. The second-order valence-corrected chi connectivity index (χ2v) is 9.52. The Kier molecular flexibility index (Phi) is 4.45. The molecule has 0 amide bonds. The second-order valence-electron chi connectivity index (χ2n) is 7.32. The minimum Gasteiger partial charge on any atom is -0.360 e. The fourth-order valence-electron chi connectivity index (χ4n) is 4.10. The number of nitrogens with zero attached hydrogens (tertiary/aromatic N) is 1. The van der Waals surface area contributed by atoms with Gasteiger partial charge in [0.05, 0.1) is 21.0 Å². The second kappa shape index (κ2) is 7.04. The van der Waals surface area contributed by atoms with Gasteiger partial charge in [0.25, 0.3) is 10.0 Å². The predicted octanol–water partition coefficient (Wildman–Crippen LogP) is 5.91. The van der Waals surface area contributed by atoms with Crippen molar-refractivity contribution in [2.24, 2.45) is 0 Å². The summed E-state index contributed by atoms with van der Waals surface area (Å²) >= 11 is 6.32. The predicted molar refractivity (Wildman–Crippen MR) is 122 cm³/mol. The van der Waals surface area contributed by atoms with E-state index in [1.165, 1.54) is 3.97 Å². The van der Waals surface area contributed by atoms with Gasteiger partial charge >= 0.3 is 0 Å². The van der Waals surface area contributed by atoms with E-state index in [0.717, 1.165) is 33.1 Å². The van der Waals surface area contributed by atoms with Gasteiger partial charge in [0.2, 0.25) is 0 Å². The fraction of sp³-hybridized carbons (Fsp3) is 0.0833. The average Bonchev–Trinajstić information content (AvgIpc) is 3.30. The van der Waals surface area contributed by atoms with E-state index in [4.69, 9.17) is 11.6 Å². The van der Waals surface area contributed by atoms with Crippen molar-refractivity contribution in [3.8, 4) is 0 Å². The van der Waals surface area contributed by atoms with Crippen molar-refractivity contribution in [1.82, 2.24) is 8.96 Å². The zero-order chi connectivity index (χ0) is 20.9. The summed E-state index contributed by atoms with van der Waals surface area (Å²) in [5, 5.41) is 2.58. The number of aromatic amines is 1. The standard InChI is InChI=1S/C24H19ClN2O2S/c1-16-19-10-5-6-13-22(19)27(30(28,29)18-8-3-2-4-9-18)23(16)14-17-15-26-24-20(17)11-7-12-21(24)25/h2-13,15,26H,14H2,1H3. The van der Waals surface area contributed by atoms with Crippen LogP contribution in [-0.2, 0) is 16.4 Å². The maximum Gasteiger partial charge on any atom is 0.268 e. The van der Waals surface area contributed by atoms with Crippen LogP contribution in [0.5, 0.6) is 0 Å². The van der Waals surface area contributed by atoms with Gasteiger partial charge in [-0.2, -0.15) is 0 Å². The van der Waals surface area contributed by atoms with Gasteiger partial charge in [-0.1, -0.05) is 60.1 Å². The number of aryl methyl sites for hydroxylation is 1. The Hall–Kier alpha value is -3.02. The summed E-state index contributed by atoms with van der Waals surface area (Å²) in [5.74, 6) is 0. The number of benzene rings is 3. The van der Waals surface area contributed by atoms with Gasteiger partial charge in [0.15, 0.2) is 0 Å². The van der Waals surface area contributed by atoms with Crippen molar-refractivity contribution < 1.29 is 8.42 Å². The maximum absolute atomic E-state index is 13.7. The van der Waals surface area contributed by atoms with Crippen LogP contribution < -0.4 is 0 Å². The molecule has 6 heteroatoms. The van der Waals surface area contributed by atoms with Crippen molar-refractivity contribution in [3.63, 3.8) is 0 Å². The molecular formula is C24H19ClN2O2S. The van der Waals surface area contributed by atoms with E-state index in [2.05, 4.69) is 4.98 Å². The molecule has 5 rings (SSSR count). The molecule has 2 aromatic heterocycles. The highest BCUT2D eigenvalue weighted by Crippen LogP contribution is 2.33. The number of halogens is 1. The Morgan fingerprint density at radius 1 is 0.900 bits per heavy atom. The summed E-state index contributed by atoms with van der Waals surface area (Å²) in [6.45, 7) is 1.98. The van der Waals surface area contributed by atoms with Crippen molar-refractivity contribution in [2.45, 2.75) is 18.2 Å². The SMILES string of the molecule is Cc1c(Cc2c[nH]c3c(Cl)cccc23)n(S(=O)(=O)c2ccccc2)c2ccccc12. The number of rotatable bonds is 4. The minimum atomic E-state index is -3.76. The number of aromatic nitrogens is 2. The van der Waals surface area contributed by atoms with Gasteiger partial charge in [-0.15, -0.1) is 0 Å². The van der Waals surface area contributed by atoms with Crippen LogP contribution in [0.1, 0.15) is 16.8 Å². The molecule has 1 N–H and O–H groups in total. The average molecular weight is 435 g/mol. The van der Waals surface area contributed by atoms with Gasteiger partial charge in [-0.25, -0.2) is 12.4 Å². The third-order valence-corrected chi connectivity index (χ3v) is 7.68. The molecule has 4 nitrogen and oxygen atoms in total. The van der Waals surface area contributed by atoms with Crippen LogP contribution in [0, 0.1) is 6.92 Å². The zero-order valence-electron chi connectivity index (χ0n) is 16.3. The van der Waals surface area contributed by atoms with E-state index < -0.39 is 10.0 Å². The summed E-state index contributed by atoms with van der Waals surface area (Å²) in [6, 6.07) is 21.9. The number of H-pyrrole nitrogens is 1. The van der Waals surface area contributed by atoms with Crippen LogP contribution in [0.25, 0.3) is 21.8 Å². The van der Waals surface area contributed by atoms with E-state index >= 15 is 0 Å². The Labute approximate surface area is 179 Å². The van der Waals surface area contributed by atoms with Crippen LogP contribution in [-0.4, -0.2) is 17.4 Å². The van der Waals surface area contributed by atoms with E-state index in [0.29, 0.717) is 17.0 Å².